The molecule has 0 aliphatic carbocycles. The van der Waals surface area contributed by atoms with Gasteiger partial charge in [0.1, 0.15) is 12.0 Å². The van der Waals surface area contributed by atoms with Crippen molar-refractivity contribution in [2.24, 2.45) is 11.5 Å². The van der Waals surface area contributed by atoms with Crippen LogP contribution in [0.25, 0.3) is 0 Å². The average molecular weight is 305 g/mol. The van der Waals surface area contributed by atoms with Crippen LogP contribution < -0.4 is 11.5 Å². The predicted molar refractivity (Wildman–Crippen MR) is 84.5 cm³/mol. The third kappa shape index (κ3) is 3.39. The Morgan fingerprint density at radius 2 is 1.86 bits per heavy atom. The fraction of sp³-hybridized carbons (Fsp3) is 0.400. The normalized spacial score (nSPS) is 19.8. The fourth-order valence-electron chi connectivity index (χ4n) is 2.73. The maximum Gasteiger partial charge on any atom is 0.240 e. The molecule has 2 rings (SSSR count). The summed E-state index contributed by atoms with van der Waals surface area (Å²) in [6, 6.07) is 8.57. The zero-order valence-corrected chi connectivity index (χ0v) is 12.5. The van der Waals surface area contributed by atoms with Crippen molar-refractivity contribution in [1.82, 2.24) is 4.90 Å². The van der Waals surface area contributed by atoms with Gasteiger partial charge >= 0.3 is 0 Å². The highest BCUT2D eigenvalue weighted by atomic mass is 32.1. The summed E-state index contributed by atoms with van der Waals surface area (Å²) in [4.78, 5) is 26.0. The van der Waals surface area contributed by atoms with Crippen LogP contribution in [-0.4, -0.2) is 34.3 Å². The number of thiocarbonyl (C=S) groups is 1. The minimum absolute atomic E-state index is 0.111. The van der Waals surface area contributed by atoms with Crippen LogP contribution in [0, 0.1) is 0 Å². The Labute approximate surface area is 129 Å². The van der Waals surface area contributed by atoms with Crippen LogP contribution in [0.4, 0.5) is 0 Å². The third-order valence-electron chi connectivity index (χ3n) is 3.78. The SMILES string of the molecule is NC(=O)C1CCCCN1C(=O)C(C(N)=S)c1ccccc1. The highest BCUT2D eigenvalue weighted by Crippen LogP contribution is 2.24. The number of nitrogens with zero attached hydrogens (tertiary/aromatic N) is 1. The Balaban J connectivity index is 2.30. The number of hydrogen-bond donors (Lipinski definition) is 2. The quantitative estimate of drug-likeness (QED) is 0.810. The van der Waals surface area contributed by atoms with Crippen molar-refractivity contribution in [2.45, 2.75) is 31.2 Å². The Morgan fingerprint density at radius 3 is 2.43 bits per heavy atom. The lowest BCUT2D eigenvalue weighted by Gasteiger charge is -2.36. The minimum atomic E-state index is -0.707. The van der Waals surface area contributed by atoms with E-state index in [9.17, 15) is 9.59 Å². The smallest absolute Gasteiger partial charge is 0.240 e. The first kappa shape index (κ1) is 15.4. The molecule has 2 amide bonds. The summed E-state index contributed by atoms with van der Waals surface area (Å²) in [7, 11) is 0. The number of rotatable bonds is 4. The standard InChI is InChI=1S/C15H19N3O2S/c16-13(19)11-8-4-5-9-18(11)15(20)12(14(17)21)10-6-2-1-3-7-10/h1-3,6-7,11-12H,4-5,8-9H2,(H2,16,19)(H2,17,21). The van der Waals surface area contributed by atoms with Gasteiger partial charge in [-0.05, 0) is 24.8 Å². The molecule has 0 bridgehead atoms. The molecule has 6 heteroatoms. The number of hydrogen-bond acceptors (Lipinski definition) is 3. The van der Waals surface area contributed by atoms with E-state index < -0.39 is 17.9 Å². The van der Waals surface area contributed by atoms with E-state index in [4.69, 9.17) is 23.7 Å². The lowest BCUT2D eigenvalue weighted by molar-refractivity contribution is -0.141. The van der Waals surface area contributed by atoms with Crippen molar-refractivity contribution < 1.29 is 9.59 Å². The van der Waals surface area contributed by atoms with Gasteiger partial charge in [-0.1, -0.05) is 42.5 Å². The first-order valence-corrected chi connectivity index (χ1v) is 7.37. The molecule has 4 N–H and O–H groups in total. The van der Waals surface area contributed by atoms with Gasteiger partial charge in [0, 0.05) is 6.54 Å². The molecule has 1 fully saturated rings. The summed E-state index contributed by atoms with van der Waals surface area (Å²) in [6.45, 7) is 0.512. The van der Waals surface area contributed by atoms with E-state index in [0.29, 0.717) is 13.0 Å². The second-order valence-corrected chi connectivity index (χ2v) is 5.66. The highest BCUT2D eigenvalue weighted by molar-refractivity contribution is 7.80. The number of piperidine rings is 1. The molecule has 0 aromatic heterocycles. The van der Waals surface area contributed by atoms with Crippen molar-refractivity contribution in [1.29, 1.82) is 0 Å². The lowest BCUT2D eigenvalue weighted by Crippen LogP contribution is -2.53. The first-order valence-electron chi connectivity index (χ1n) is 6.96. The second kappa shape index (κ2) is 6.67. The molecule has 0 radical (unpaired) electrons. The predicted octanol–water partition coefficient (Wildman–Crippen LogP) is 0.923. The summed E-state index contributed by atoms with van der Waals surface area (Å²) in [5.41, 5.74) is 11.9. The molecule has 2 atom stereocenters. The minimum Gasteiger partial charge on any atom is -0.392 e. The maximum atomic E-state index is 12.8. The van der Waals surface area contributed by atoms with Gasteiger partial charge in [-0.3, -0.25) is 9.59 Å². The molecule has 0 saturated carbocycles. The molecule has 5 nitrogen and oxygen atoms in total. The van der Waals surface area contributed by atoms with Gasteiger partial charge in [0.15, 0.2) is 0 Å². The van der Waals surface area contributed by atoms with Crippen LogP contribution in [0.5, 0.6) is 0 Å². The topological polar surface area (TPSA) is 89.4 Å². The van der Waals surface area contributed by atoms with Crippen molar-refractivity contribution in [3.63, 3.8) is 0 Å². The molecule has 1 heterocycles. The van der Waals surface area contributed by atoms with Crippen LogP contribution in [-0.2, 0) is 9.59 Å². The maximum absolute atomic E-state index is 12.8. The lowest BCUT2D eigenvalue weighted by atomic mass is 9.94. The Kier molecular flexibility index (Phi) is 4.90. The Morgan fingerprint density at radius 1 is 1.19 bits per heavy atom. The molecule has 1 aliphatic heterocycles. The number of likely N-dealkylation sites (tertiary alicyclic amines) is 1. The van der Waals surface area contributed by atoms with Gasteiger partial charge < -0.3 is 16.4 Å². The molecule has 1 aromatic rings. The van der Waals surface area contributed by atoms with Gasteiger partial charge in [-0.15, -0.1) is 0 Å². The van der Waals surface area contributed by atoms with Crippen LogP contribution in [0.15, 0.2) is 30.3 Å². The molecule has 112 valence electrons. The van der Waals surface area contributed by atoms with Gasteiger partial charge in [-0.25, -0.2) is 0 Å². The summed E-state index contributed by atoms with van der Waals surface area (Å²) in [6.07, 6.45) is 2.34. The number of primary amides is 1. The third-order valence-corrected chi connectivity index (χ3v) is 4.01. The van der Waals surface area contributed by atoms with Gasteiger partial charge in [0.25, 0.3) is 0 Å². The van der Waals surface area contributed by atoms with E-state index in [1.807, 2.05) is 30.3 Å². The van der Waals surface area contributed by atoms with Gasteiger partial charge in [0.05, 0.1) is 4.99 Å². The summed E-state index contributed by atoms with van der Waals surface area (Å²) in [5, 5.41) is 0. The van der Waals surface area contributed by atoms with E-state index in [0.717, 1.165) is 18.4 Å². The Bertz CT molecular complexity index is 547. The van der Waals surface area contributed by atoms with Crippen molar-refractivity contribution in [2.75, 3.05) is 6.54 Å². The number of carbonyl (C=O) groups is 2. The van der Waals surface area contributed by atoms with Crippen LogP contribution in [0.3, 0.4) is 0 Å². The summed E-state index contributed by atoms with van der Waals surface area (Å²) in [5.74, 6) is -1.42. The van der Waals surface area contributed by atoms with E-state index in [-0.39, 0.29) is 10.9 Å². The molecule has 1 saturated heterocycles. The van der Waals surface area contributed by atoms with Crippen LogP contribution in [0.1, 0.15) is 30.7 Å². The van der Waals surface area contributed by atoms with Gasteiger partial charge in [-0.2, -0.15) is 0 Å². The summed E-state index contributed by atoms with van der Waals surface area (Å²) < 4.78 is 0. The van der Waals surface area contributed by atoms with Gasteiger partial charge in [0.2, 0.25) is 11.8 Å². The molecule has 0 spiro atoms. The highest BCUT2D eigenvalue weighted by Gasteiger charge is 2.36. The van der Waals surface area contributed by atoms with Crippen molar-refractivity contribution in [3.05, 3.63) is 35.9 Å². The molecule has 21 heavy (non-hydrogen) atoms. The first-order chi connectivity index (χ1) is 10.0. The largest absolute Gasteiger partial charge is 0.392 e. The zero-order valence-electron chi connectivity index (χ0n) is 11.7. The number of nitrogens with two attached hydrogens (primary N) is 2. The van der Waals surface area contributed by atoms with E-state index in [2.05, 4.69) is 0 Å². The molecule has 2 unspecified atom stereocenters. The molecular formula is C15H19N3O2S. The van der Waals surface area contributed by atoms with Crippen LogP contribution >= 0.6 is 12.2 Å². The Hall–Kier alpha value is -1.95. The fourth-order valence-corrected chi connectivity index (χ4v) is 2.97. The molecule has 1 aliphatic rings. The summed E-state index contributed by atoms with van der Waals surface area (Å²) >= 11 is 5.06. The van der Waals surface area contributed by atoms with E-state index >= 15 is 0 Å². The van der Waals surface area contributed by atoms with E-state index in [1.54, 1.807) is 0 Å². The van der Waals surface area contributed by atoms with Crippen molar-refractivity contribution in [3.8, 4) is 0 Å². The number of carbonyl (C=O) groups excluding carboxylic acids is 2. The zero-order chi connectivity index (χ0) is 15.4. The number of amides is 2. The second-order valence-electron chi connectivity index (χ2n) is 5.19. The van der Waals surface area contributed by atoms with E-state index in [1.165, 1.54) is 4.90 Å². The average Bonchev–Trinajstić information content (AvgIpc) is 2.48. The monoisotopic (exact) mass is 305 g/mol. The van der Waals surface area contributed by atoms with Crippen molar-refractivity contribution >= 4 is 29.0 Å². The number of benzene rings is 1. The molecular weight excluding hydrogens is 286 g/mol. The van der Waals surface area contributed by atoms with Crippen LogP contribution in [0.2, 0.25) is 0 Å². The molecule has 1 aromatic carbocycles.